The molecule has 1 saturated heterocycles. The third kappa shape index (κ3) is 4.39. The van der Waals surface area contributed by atoms with E-state index in [1.54, 1.807) is 14.2 Å². The molecule has 0 spiro atoms. The van der Waals surface area contributed by atoms with Crippen LogP contribution in [0.1, 0.15) is 40.5 Å². The molecule has 19 heavy (non-hydrogen) atoms. The van der Waals surface area contributed by atoms with E-state index < -0.39 is 6.10 Å². The fourth-order valence-corrected chi connectivity index (χ4v) is 3.27. The zero-order valence-corrected chi connectivity index (χ0v) is 13.1. The average molecular weight is 275 g/mol. The Kier molecular flexibility index (Phi) is 5.77. The van der Waals surface area contributed by atoms with Crippen molar-refractivity contribution in [3.05, 3.63) is 0 Å². The summed E-state index contributed by atoms with van der Waals surface area (Å²) in [6, 6.07) is 0. The lowest BCUT2D eigenvalue weighted by molar-refractivity contribution is -0.281. The monoisotopic (exact) mass is 275 g/mol. The molecule has 1 unspecified atom stereocenters. The van der Waals surface area contributed by atoms with E-state index in [-0.39, 0.29) is 17.2 Å². The predicted octanol–water partition coefficient (Wildman–Crippen LogP) is 1.59. The van der Waals surface area contributed by atoms with Gasteiger partial charge in [0, 0.05) is 18.2 Å². The molecular formula is C14H29NO4. The molecule has 0 aromatic rings. The van der Waals surface area contributed by atoms with Crippen molar-refractivity contribution in [1.29, 1.82) is 0 Å². The molecule has 1 N–H and O–H groups in total. The molecule has 0 aromatic carbocycles. The number of aliphatic hydroxyl groups is 1. The van der Waals surface area contributed by atoms with Crippen molar-refractivity contribution in [3.8, 4) is 0 Å². The van der Waals surface area contributed by atoms with Crippen molar-refractivity contribution < 1.29 is 19.4 Å². The molecule has 1 heterocycles. The predicted molar refractivity (Wildman–Crippen MR) is 73.9 cm³/mol. The number of piperidine rings is 1. The molecule has 0 aliphatic carbocycles. The molecule has 5 nitrogen and oxygen atoms in total. The Morgan fingerprint density at radius 3 is 2.05 bits per heavy atom. The number of aliphatic hydroxyl groups excluding tert-OH is 1. The molecule has 1 aliphatic heterocycles. The van der Waals surface area contributed by atoms with Crippen LogP contribution in [0.4, 0.5) is 0 Å². The Hall–Kier alpha value is -0.200. The third-order valence-electron chi connectivity index (χ3n) is 3.62. The van der Waals surface area contributed by atoms with Crippen LogP contribution in [-0.2, 0) is 14.3 Å². The van der Waals surface area contributed by atoms with Crippen LogP contribution in [-0.4, -0.2) is 60.9 Å². The van der Waals surface area contributed by atoms with Crippen molar-refractivity contribution in [2.24, 2.45) is 0 Å². The Morgan fingerprint density at radius 1 is 1.11 bits per heavy atom. The van der Waals surface area contributed by atoms with E-state index in [2.05, 4.69) is 27.7 Å². The van der Waals surface area contributed by atoms with Crippen molar-refractivity contribution in [1.82, 2.24) is 5.06 Å². The molecular weight excluding hydrogens is 246 g/mol. The van der Waals surface area contributed by atoms with Gasteiger partial charge in [-0.2, -0.15) is 5.06 Å². The largest absolute Gasteiger partial charge is 0.388 e. The molecule has 1 atom stereocenters. The molecule has 0 amide bonds. The summed E-state index contributed by atoms with van der Waals surface area (Å²) >= 11 is 0. The van der Waals surface area contributed by atoms with Crippen LogP contribution >= 0.6 is 0 Å². The summed E-state index contributed by atoms with van der Waals surface area (Å²) < 4.78 is 10.8. The summed E-state index contributed by atoms with van der Waals surface area (Å²) in [7, 11) is 3.29. The molecule has 0 aromatic heterocycles. The number of hydrogen-bond acceptors (Lipinski definition) is 5. The molecule has 0 bridgehead atoms. The highest BCUT2D eigenvalue weighted by Crippen LogP contribution is 2.39. The van der Waals surface area contributed by atoms with E-state index in [0.717, 1.165) is 12.8 Å². The van der Waals surface area contributed by atoms with Crippen LogP contribution in [0.3, 0.4) is 0 Å². The third-order valence-corrected chi connectivity index (χ3v) is 3.62. The fraction of sp³-hybridized carbons (Fsp3) is 1.00. The topological polar surface area (TPSA) is 51.2 Å². The normalized spacial score (nSPS) is 25.4. The van der Waals surface area contributed by atoms with Crippen LogP contribution in [0.25, 0.3) is 0 Å². The number of nitrogens with zero attached hydrogens (tertiary/aromatic N) is 1. The maximum absolute atomic E-state index is 9.65. The van der Waals surface area contributed by atoms with Crippen LogP contribution in [0.2, 0.25) is 0 Å². The van der Waals surface area contributed by atoms with E-state index in [9.17, 15) is 5.11 Å². The second kappa shape index (κ2) is 6.50. The Balaban J connectivity index is 2.59. The first-order valence-corrected chi connectivity index (χ1v) is 6.86. The van der Waals surface area contributed by atoms with Crippen LogP contribution < -0.4 is 0 Å². The Bertz CT molecular complexity index is 263. The first-order valence-electron chi connectivity index (χ1n) is 6.86. The van der Waals surface area contributed by atoms with E-state index in [4.69, 9.17) is 14.3 Å². The lowest BCUT2D eigenvalue weighted by atomic mass is 9.80. The first-order chi connectivity index (χ1) is 8.73. The van der Waals surface area contributed by atoms with Gasteiger partial charge in [-0.15, -0.1) is 0 Å². The summed E-state index contributed by atoms with van der Waals surface area (Å²) in [5.74, 6) is 0. The highest BCUT2D eigenvalue weighted by Gasteiger charge is 2.46. The fourth-order valence-electron chi connectivity index (χ4n) is 3.27. The van der Waals surface area contributed by atoms with E-state index >= 15 is 0 Å². The number of rotatable bonds is 6. The number of hydrogen-bond donors (Lipinski definition) is 1. The van der Waals surface area contributed by atoms with Gasteiger partial charge in [-0.3, -0.25) is 0 Å². The summed E-state index contributed by atoms with van der Waals surface area (Å²) in [4.78, 5) is 5.54. The van der Waals surface area contributed by atoms with Crippen molar-refractivity contribution in [3.63, 3.8) is 0 Å². The van der Waals surface area contributed by atoms with Gasteiger partial charge in [0.2, 0.25) is 0 Å². The van der Waals surface area contributed by atoms with Crippen molar-refractivity contribution in [2.45, 2.75) is 63.8 Å². The molecule has 5 heteroatoms. The van der Waals surface area contributed by atoms with Crippen molar-refractivity contribution in [2.75, 3.05) is 27.4 Å². The summed E-state index contributed by atoms with van der Waals surface area (Å²) in [5, 5.41) is 11.7. The molecule has 0 radical (unpaired) electrons. The molecule has 114 valence electrons. The minimum Gasteiger partial charge on any atom is -0.388 e. The minimum absolute atomic E-state index is 0.0899. The molecule has 1 aliphatic rings. The second-order valence-electron chi connectivity index (χ2n) is 6.57. The van der Waals surface area contributed by atoms with Gasteiger partial charge in [-0.05, 0) is 40.5 Å². The minimum atomic E-state index is -0.559. The van der Waals surface area contributed by atoms with Gasteiger partial charge < -0.3 is 19.4 Å². The van der Waals surface area contributed by atoms with Crippen molar-refractivity contribution >= 4 is 0 Å². The standard InChI is InChI=1S/C14H29NO4/c1-13(2)7-12(19-10-11(16)9-17-5)8-14(3,4)15(13)18-6/h11-12,16H,7-10H2,1-6H3. The van der Waals surface area contributed by atoms with Crippen LogP contribution in [0.5, 0.6) is 0 Å². The lowest BCUT2D eigenvalue weighted by Gasteiger charge is -2.53. The summed E-state index contributed by atoms with van der Waals surface area (Å²) in [6.45, 7) is 9.23. The van der Waals surface area contributed by atoms with E-state index in [1.807, 2.05) is 5.06 Å². The summed E-state index contributed by atoms with van der Waals surface area (Å²) in [5.41, 5.74) is -0.180. The van der Waals surface area contributed by atoms with Gasteiger partial charge in [0.15, 0.2) is 0 Å². The van der Waals surface area contributed by atoms with E-state index in [1.165, 1.54) is 0 Å². The lowest BCUT2D eigenvalue weighted by Crippen LogP contribution is -2.61. The zero-order valence-electron chi connectivity index (χ0n) is 13.1. The number of hydroxylamine groups is 2. The zero-order chi connectivity index (χ0) is 14.7. The van der Waals surface area contributed by atoms with Gasteiger partial charge >= 0.3 is 0 Å². The number of methoxy groups -OCH3 is 1. The second-order valence-corrected chi connectivity index (χ2v) is 6.57. The average Bonchev–Trinajstić information content (AvgIpc) is 2.24. The maximum atomic E-state index is 9.65. The van der Waals surface area contributed by atoms with Gasteiger partial charge in [0.05, 0.1) is 26.4 Å². The van der Waals surface area contributed by atoms with Gasteiger partial charge in [0.25, 0.3) is 0 Å². The highest BCUT2D eigenvalue weighted by molar-refractivity contribution is 4.97. The van der Waals surface area contributed by atoms with Crippen LogP contribution in [0, 0.1) is 0 Å². The van der Waals surface area contributed by atoms with E-state index in [0.29, 0.717) is 13.2 Å². The smallest absolute Gasteiger partial charge is 0.101 e. The van der Waals surface area contributed by atoms with Gasteiger partial charge in [0.1, 0.15) is 6.10 Å². The summed E-state index contributed by atoms with van der Waals surface area (Å²) in [6.07, 6.45) is 1.33. The molecule has 1 fully saturated rings. The Morgan fingerprint density at radius 2 is 1.63 bits per heavy atom. The van der Waals surface area contributed by atoms with Gasteiger partial charge in [-0.1, -0.05) is 0 Å². The SMILES string of the molecule is COCC(O)COC1CC(C)(C)N(OC)C(C)(C)C1. The molecule has 1 rings (SSSR count). The van der Waals surface area contributed by atoms with Crippen LogP contribution in [0.15, 0.2) is 0 Å². The number of ether oxygens (including phenoxy) is 2. The first kappa shape index (κ1) is 16.9. The quantitative estimate of drug-likeness (QED) is 0.798. The maximum Gasteiger partial charge on any atom is 0.101 e. The van der Waals surface area contributed by atoms with Gasteiger partial charge in [-0.25, -0.2) is 0 Å². The highest BCUT2D eigenvalue weighted by atomic mass is 16.7. The Labute approximate surface area is 116 Å². The molecule has 0 saturated carbocycles.